The van der Waals surface area contributed by atoms with Gasteiger partial charge in [-0.2, -0.15) is 0 Å². The smallest absolute Gasteiger partial charge is 0.346 e. The molecule has 0 atom stereocenters. The van der Waals surface area contributed by atoms with Crippen LogP contribution >= 0.6 is 7.67 Å². The summed E-state index contributed by atoms with van der Waals surface area (Å²) in [6.07, 6.45) is 0. The maximum absolute atomic E-state index is 13.2. The number of nitro benzene ring substituents is 1. The van der Waals surface area contributed by atoms with Crippen molar-refractivity contribution in [2.75, 3.05) is 26.2 Å². The molecule has 164 valence electrons. The zero-order valence-electron chi connectivity index (χ0n) is 17.3. The third-order valence-corrected chi connectivity index (χ3v) is 8.07. The van der Waals surface area contributed by atoms with Gasteiger partial charge in [0.15, 0.2) is 0 Å². The highest BCUT2D eigenvalue weighted by molar-refractivity contribution is 7.54. The van der Waals surface area contributed by atoms with E-state index in [9.17, 15) is 14.7 Å². The van der Waals surface area contributed by atoms with Crippen LogP contribution in [0.25, 0.3) is 11.1 Å². The van der Waals surface area contributed by atoms with E-state index in [2.05, 4.69) is 0 Å². The van der Waals surface area contributed by atoms with Crippen LogP contribution in [0.1, 0.15) is 5.56 Å². The van der Waals surface area contributed by atoms with E-state index in [4.69, 9.17) is 9.26 Å². The van der Waals surface area contributed by atoms with E-state index < -0.39 is 12.6 Å². The molecule has 0 N–H and O–H groups in total. The SMILES string of the molecule is O=[N+]([O-])c1ccc(COP(=O)(N2CC2)N2CC2)cc1Oc1ccccc1-c1ccccc1. The Labute approximate surface area is 185 Å². The molecule has 0 amide bonds. The molecule has 2 fully saturated rings. The second kappa shape index (κ2) is 8.48. The highest BCUT2D eigenvalue weighted by Gasteiger charge is 2.49. The van der Waals surface area contributed by atoms with Crippen molar-refractivity contribution in [3.63, 3.8) is 0 Å². The zero-order valence-corrected chi connectivity index (χ0v) is 18.2. The second-order valence-corrected chi connectivity index (χ2v) is 10.1. The van der Waals surface area contributed by atoms with Crippen molar-refractivity contribution in [3.8, 4) is 22.6 Å². The average Bonchev–Trinajstić information content (AvgIpc) is 3.71. The summed E-state index contributed by atoms with van der Waals surface area (Å²) in [5, 5.41) is 11.6. The van der Waals surface area contributed by atoms with Crippen molar-refractivity contribution in [1.29, 1.82) is 0 Å². The predicted octanol–water partition coefficient (Wildman–Crippen LogP) is 5.31. The third-order valence-electron chi connectivity index (χ3n) is 5.37. The number of rotatable bonds is 9. The van der Waals surface area contributed by atoms with Gasteiger partial charge in [-0.05, 0) is 29.3 Å². The van der Waals surface area contributed by atoms with Gasteiger partial charge in [0.25, 0.3) is 0 Å². The molecule has 2 aliphatic rings. The number of para-hydroxylation sites is 1. The number of hydrogen-bond donors (Lipinski definition) is 0. The van der Waals surface area contributed by atoms with Crippen LogP contribution < -0.4 is 4.74 Å². The molecule has 0 aromatic heterocycles. The van der Waals surface area contributed by atoms with Gasteiger partial charge in [-0.3, -0.25) is 14.7 Å². The first-order chi connectivity index (χ1) is 15.5. The molecule has 32 heavy (non-hydrogen) atoms. The molecule has 2 saturated heterocycles. The quantitative estimate of drug-likeness (QED) is 0.189. The first-order valence-electron chi connectivity index (χ1n) is 10.4. The molecule has 3 aromatic carbocycles. The minimum Gasteiger partial charge on any atom is -0.449 e. The van der Waals surface area contributed by atoms with Gasteiger partial charge in [-0.25, -0.2) is 9.34 Å². The lowest BCUT2D eigenvalue weighted by Crippen LogP contribution is -2.08. The highest BCUT2D eigenvalue weighted by Crippen LogP contribution is 2.61. The first kappa shape index (κ1) is 20.8. The number of ether oxygens (including phenoxy) is 1. The molecule has 0 saturated carbocycles. The molecule has 2 heterocycles. The van der Waals surface area contributed by atoms with Crippen molar-refractivity contribution in [2.45, 2.75) is 6.61 Å². The summed E-state index contributed by atoms with van der Waals surface area (Å²) < 4.78 is 28.7. The summed E-state index contributed by atoms with van der Waals surface area (Å²) in [6.45, 7) is 3.13. The Morgan fingerprint density at radius 1 is 0.875 bits per heavy atom. The Morgan fingerprint density at radius 2 is 1.53 bits per heavy atom. The molecule has 9 heteroatoms. The molecule has 8 nitrogen and oxygen atoms in total. The molecule has 3 aromatic rings. The lowest BCUT2D eigenvalue weighted by atomic mass is 10.0. The van der Waals surface area contributed by atoms with Crippen LogP contribution in [0.15, 0.2) is 72.8 Å². The van der Waals surface area contributed by atoms with Gasteiger partial charge >= 0.3 is 13.4 Å². The van der Waals surface area contributed by atoms with Crippen molar-refractivity contribution in [1.82, 2.24) is 9.34 Å². The Hall–Kier alpha value is -3.03. The summed E-state index contributed by atoms with van der Waals surface area (Å²) in [5.41, 5.74) is 2.29. The Bertz CT molecular complexity index is 1180. The molecule has 0 bridgehead atoms. The first-order valence-corrected chi connectivity index (χ1v) is 11.9. The molecule has 0 radical (unpaired) electrons. The molecule has 5 rings (SSSR count). The Morgan fingerprint density at radius 3 is 2.19 bits per heavy atom. The lowest BCUT2D eigenvalue weighted by Gasteiger charge is -2.20. The summed E-state index contributed by atoms with van der Waals surface area (Å²) in [6, 6.07) is 21.7. The monoisotopic (exact) mass is 451 g/mol. The van der Waals surface area contributed by atoms with Gasteiger partial charge < -0.3 is 9.26 Å². The van der Waals surface area contributed by atoms with Crippen molar-refractivity contribution < 1.29 is 18.7 Å². The van der Waals surface area contributed by atoms with E-state index >= 15 is 0 Å². The number of nitrogens with zero attached hydrogens (tertiary/aromatic N) is 3. The molecular formula is C23H22N3O5P. The summed E-state index contributed by atoms with van der Waals surface area (Å²) in [7, 11) is -2.97. The second-order valence-electron chi connectivity index (χ2n) is 7.69. The van der Waals surface area contributed by atoms with E-state index in [0.29, 0.717) is 11.3 Å². The van der Waals surface area contributed by atoms with Crippen LogP contribution in [0.4, 0.5) is 5.69 Å². The number of hydrogen-bond acceptors (Lipinski definition) is 5. The Balaban J connectivity index is 1.42. The van der Waals surface area contributed by atoms with Gasteiger partial charge in [0.2, 0.25) is 5.75 Å². The van der Waals surface area contributed by atoms with Crippen LogP contribution in [0, 0.1) is 10.1 Å². The van der Waals surface area contributed by atoms with Crippen LogP contribution in [0.2, 0.25) is 0 Å². The van der Waals surface area contributed by atoms with Gasteiger partial charge in [-0.1, -0.05) is 48.5 Å². The van der Waals surface area contributed by atoms with Crippen molar-refractivity contribution >= 4 is 13.4 Å². The predicted molar refractivity (Wildman–Crippen MR) is 121 cm³/mol. The van der Waals surface area contributed by atoms with Crippen LogP contribution in [-0.4, -0.2) is 40.4 Å². The molecule has 0 spiro atoms. The largest absolute Gasteiger partial charge is 0.449 e. The van der Waals surface area contributed by atoms with Crippen molar-refractivity contribution in [3.05, 3.63) is 88.5 Å². The van der Waals surface area contributed by atoms with E-state index in [1.165, 1.54) is 6.07 Å². The maximum Gasteiger partial charge on any atom is 0.346 e. The fourth-order valence-electron chi connectivity index (χ4n) is 3.51. The maximum atomic E-state index is 13.2. The van der Waals surface area contributed by atoms with E-state index in [0.717, 1.165) is 37.3 Å². The summed E-state index contributed by atoms with van der Waals surface area (Å²) >= 11 is 0. The lowest BCUT2D eigenvalue weighted by molar-refractivity contribution is -0.385. The van der Waals surface area contributed by atoms with Crippen LogP contribution in [-0.2, 0) is 15.7 Å². The Kier molecular flexibility index (Phi) is 5.53. The zero-order chi connectivity index (χ0) is 22.1. The molecule has 0 aliphatic carbocycles. The fraction of sp³-hybridized carbons (Fsp3) is 0.217. The normalized spacial score (nSPS) is 16.0. The molecule has 0 unspecified atom stereocenters. The van der Waals surface area contributed by atoms with Crippen LogP contribution in [0.3, 0.4) is 0 Å². The number of nitro groups is 1. The fourth-order valence-corrected chi connectivity index (χ4v) is 5.70. The van der Waals surface area contributed by atoms with E-state index in [1.54, 1.807) is 18.2 Å². The highest BCUT2D eigenvalue weighted by atomic mass is 31.2. The summed E-state index contributed by atoms with van der Waals surface area (Å²) in [4.78, 5) is 11.2. The van der Waals surface area contributed by atoms with E-state index in [-0.39, 0.29) is 18.0 Å². The number of benzene rings is 3. The minimum atomic E-state index is -2.97. The van der Waals surface area contributed by atoms with Crippen molar-refractivity contribution in [2.24, 2.45) is 0 Å². The standard InChI is InChI=1S/C23H22N3O5P/c27-26(28)21-11-10-18(17-30-32(29,24-12-13-24)25-14-15-25)16-23(21)31-22-9-5-4-8-20(22)19-6-2-1-3-7-19/h1-11,16H,12-15,17H2. The summed E-state index contributed by atoms with van der Waals surface area (Å²) in [5.74, 6) is 0.631. The van der Waals surface area contributed by atoms with Gasteiger partial charge in [0.05, 0.1) is 11.5 Å². The topological polar surface area (TPSA) is 84.7 Å². The molecular weight excluding hydrogens is 429 g/mol. The van der Waals surface area contributed by atoms with Gasteiger partial charge in [-0.15, -0.1) is 0 Å². The average molecular weight is 451 g/mol. The van der Waals surface area contributed by atoms with Gasteiger partial charge in [0.1, 0.15) is 5.75 Å². The third kappa shape index (κ3) is 4.31. The van der Waals surface area contributed by atoms with Gasteiger partial charge in [0, 0.05) is 37.8 Å². The van der Waals surface area contributed by atoms with E-state index in [1.807, 2.05) is 57.9 Å². The molecule has 2 aliphatic heterocycles. The van der Waals surface area contributed by atoms with Crippen LogP contribution in [0.5, 0.6) is 11.5 Å². The minimum absolute atomic E-state index is 0.0823.